The molecule has 2 aromatic rings. The van der Waals surface area contributed by atoms with Crippen molar-refractivity contribution in [3.63, 3.8) is 0 Å². The van der Waals surface area contributed by atoms with Gasteiger partial charge in [-0.1, -0.05) is 6.07 Å². The van der Waals surface area contributed by atoms with E-state index in [1.54, 1.807) is 6.92 Å². The summed E-state index contributed by atoms with van der Waals surface area (Å²) in [6, 6.07) is 5.42. The number of rotatable bonds is 3. The number of hydrogen-bond acceptors (Lipinski definition) is 3. The van der Waals surface area contributed by atoms with Crippen molar-refractivity contribution in [3.05, 3.63) is 35.8 Å². The van der Waals surface area contributed by atoms with E-state index < -0.39 is 6.04 Å². The van der Waals surface area contributed by atoms with Gasteiger partial charge in [-0.15, -0.1) is 0 Å². The summed E-state index contributed by atoms with van der Waals surface area (Å²) >= 11 is 0. The number of amides is 1. The van der Waals surface area contributed by atoms with E-state index in [-0.39, 0.29) is 5.91 Å². The Kier molecular flexibility index (Phi) is 3.10. The second-order valence-corrected chi connectivity index (χ2v) is 4.13. The molecule has 17 heavy (non-hydrogen) atoms. The number of pyridine rings is 1. The van der Waals surface area contributed by atoms with Gasteiger partial charge in [0.1, 0.15) is 5.65 Å². The lowest BCUT2D eigenvalue weighted by Gasteiger charge is -2.05. The van der Waals surface area contributed by atoms with Gasteiger partial charge in [-0.05, 0) is 26.0 Å². The first-order chi connectivity index (χ1) is 8.08. The molecule has 0 spiro atoms. The fourth-order valence-electron chi connectivity index (χ4n) is 1.62. The molecule has 0 aliphatic carbocycles. The van der Waals surface area contributed by atoms with E-state index in [9.17, 15) is 4.79 Å². The molecule has 2 aromatic heterocycles. The van der Waals surface area contributed by atoms with Crippen molar-refractivity contribution in [2.75, 3.05) is 0 Å². The summed E-state index contributed by atoms with van der Waals surface area (Å²) in [5.41, 5.74) is 8.28. The lowest BCUT2D eigenvalue weighted by molar-refractivity contribution is -0.122. The van der Waals surface area contributed by atoms with E-state index in [4.69, 9.17) is 5.73 Å². The van der Waals surface area contributed by atoms with Gasteiger partial charge < -0.3 is 15.5 Å². The van der Waals surface area contributed by atoms with Crippen LogP contribution >= 0.6 is 0 Å². The Bertz CT molecular complexity index is 544. The maximum absolute atomic E-state index is 11.3. The van der Waals surface area contributed by atoms with E-state index >= 15 is 0 Å². The molecule has 0 saturated heterocycles. The summed E-state index contributed by atoms with van der Waals surface area (Å²) in [5.74, 6) is -0.168. The van der Waals surface area contributed by atoms with Crippen LogP contribution in [0.3, 0.4) is 0 Å². The van der Waals surface area contributed by atoms with Crippen LogP contribution in [0, 0.1) is 6.92 Å². The largest absolute Gasteiger partial charge is 0.349 e. The standard InChI is InChI=1S/C12H16N4O/c1-8-4-3-5-11-15-10(7-16(8)11)6-14-12(17)9(2)13/h3-5,7,9H,6,13H2,1-2H3,(H,14,17)/t9-/m1/s1. The van der Waals surface area contributed by atoms with Crippen molar-refractivity contribution in [1.82, 2.24) is 14.7 Å². The highest BCUT2D eigenvalue weighted by atomic mass is 16.2. The van der Waals surface area contributed by atoms with E-state index in [0.29, 0.717) is 6.54 Å². The Hall–Kier alpha value is -1.88. The molecule has 0 radical (unpaired) electrons. The zero-order valence-electron chi connectivity index (χ0n) is 9.97. The molecule has 0 aliphatic heterocycles. The maximum Gasteiger partial charge on any atom is 0.236 e. The number of imidazole rings is 1. The fourth-order valence-corrected chi connectivity index (χ4v) is 1.62. The van der Waals surface area contributed by atoms with Gasteiger partial charge >= 0.3 is 0 Å². The predicted octanol–water partition coefficient (Wildman–Crippen LogP) is 0.606. The summed E-state index contributed by atoms with van der Waals surface area (Å²) in [6.07, 6.45) is 1.92. The van der Waals surface area contributed by atoms with Gasteiger partial charge in [0.25, 0.3) is 0 Å². The van der Waals surface area contributed by atoms with Gasteiger partial charge in [0, 0.05) is 11.9 Å². The van der Waals surface area contributed by atoms with Crippen molar-refractivity contribution >= 4 is 11.6 Å². The van der Waals surface area contributed by atoms with Gasteiger partial charge in [-0.25, -0.2) is 4.98 Å². The second kappa shape index (κ2) is 4.55. The van der Waals surface area contributed by atoms with Crippen molar-refractivity contribution in [2.24, 2.45) is 5.73 Å². The minimum absolute atomic E-state index is 0.168. The quantitative estimate of drug-likeness (QED) is 0.814. The molecule has 1 atom stereocenters. The Morgan fingerprint density at radius 1 is 1.59 bits per heavy atom. The predicted molar refractivity (Wildman–Crippen MR) is 65.4 cm³/mol. The molecular weight excluding hydrogens is 216 g/mol. The van der Waals surface area contributed by atoms with Gasteiger partial charge in [-0.3, -0.25) is 4.79 Å². The van der Waals surface area contributed by atoms with E-state index in [0.717, 1.165) is 17.0 Å². The Labute approximate surface area is 99.6 Å². The molecule has 0 aromatic carbocycles. The topological polar surface area (TPSA) is 72.4 Å². The molecule has 5 heteroatoms. The van der Waals surface area contributed by atoms with Crippen LogP contribution in [0.4, 0.5) is 0 Å². The Balaban J connectivity index is 2.15. The second-order valence-electron chi connectivity index (χ2n) is 4.13. The molecule has 0 aliphatic rings. The molecule has 1 amide bonds. The summed E-state index contributed by atoms with van der Waals surface area (Å²) in [4.78, 5) is 15.7. The smallest absolute Gasteiger partial charge is 0.236 e. The first-order valence-corrected chi connectivity index (χ1v) is 5.55. The lowest BCUT2D eigenvalue weighted by atomic mass is 10.3. The van der Waals surface area contributed by atoms with E-state index in [1.807, 2.05) is 35.7 Å². The number of nitrogens with one attached hydrogen (secondary N) is 1. The number of aromatic nitrogens is 2. The molecule has 0 unspecified atom stereocenters. The molecular formula is C12H16N4O. The van der Waals surface area contributed by atoms with Crippen LogP contribution in [0.25, 0.3) is 5.65 Å². The van der Waals surface area contributed by atoms with Crippen LogP contribution in [0.1, 0.15) is 18.3 Å². The third kappa shape index (κ3) is 2.45. The number of nitrogens with two attached hydrogens (primary N) is 1. The number of hydrogen-bond donors (Lipinski definition) is 2. The zero-order valence-corrected chi connectivity index (χ0v) is 9.97. The van der Waals surface area contributed by atoms with Gasteiger partial charge in [0.2, 0.25) is 5.91 Å². The monoisotopic (exact) mass is 232 g/mol. The third-order valence-corrected chi connectivity index (χ3v) is 2.60. The Morgan fingerprint density at radius 2 is 2.35 bits per heavy atom. The molecule has 0 bridgehead atoms. The maximum atomic E-state index is 11.3. The molecule has 2 heterocycles. The average Bonchev–Trinajstić information content (AvgIpc) is 2.70. The van der Waals surface area contributed by atoms with E-state index in [1.165, 1.54) is 0 Å². The van der Waals surface area contributed by atoms with Gasteiger partial charge in [0.05, 0.1) is 18.3 Å². The highest BCUT2D eigenvalue weighted by molar-refractivity contribution is 5.80. The number of carbonyl (C=O) groups is 1. The first-order valence-electron chi connectivity index (χ1n) is 5.55. The highest BCUT2D eigenvalue weighted by Crippen LogP contribution is 2.08. The highest BCUT2D eigenvalue weighted by Gasteiger charge is 2.08. The third-order valence-electron chi connectivity index (χ3n) is 2.60. The Morgan fingerprint density at radius 3 is 3.00 bits per heavy atom. The van der Waals surface area contributed by atoms with Crippen LogP contribution in [0.2, 0.25) is 0 Å². The summed E-state index contributed by atoms with van der Waals surface area (Å²) in [7, 11) is 0. The summed E-state index contributed by atoms with van der Waals surface area (Å²) < 4.78 is 1.99. The summed E-state index contributed by atoms with van der Waals surface area (Å²) in [5, 5.41) is 2.74. The van der Waals surface area contributed by atoms with Crippen molar-refractivity contribution in [1.29, 1.82) is 0 Å². The lowest BCUT2D eigenvalue weighted by Crippen LogP contribution is -2.37. The SMILES string of the molecule is Cc1cccc2nc(CNC(=O)[C@@H](C)N)cn12. The first kappa shape index (κ1) is 11.6. The van der Waals surface area contributed by atoms with E-state index in [2.05, 4.69) is 10.3 Å². The minimum Gasteiger partial charge on any atom is -0.349 e. The number of carbonyl (C=O) groups excluding carboxylic acids is 1. The number of fused-ring (bicyclic) bond motifs is 1. The summed E-state index contributed by atoms with van der Waals surface area (Å²) in [6.45, 7) is 4.07. The average molecular weight is 232 g/mol. The minimum atomic E-state index is -0.492. The van der Waals surface area contributed by atoms with Crippen LogP contribution in [-0.2, 0) is 11.3 Å². The molecule has 5 nitrogen and oxygen atoms in total. The van der Waals surface area contributed by atoms with Gasteiger partial charge in [0.15, 0.2) is 0 Å². The van der Waals surface area contributed by atoms with Crippen LogP contribution < -0.4 is 11.1 Å². The molecule has 2 rings (SSSR count). The van der Waals surface area contributed by atoms with Crippen LogP contribution in [0.5, 0.6) is 0 Å². The van der Waals surface area contributed by atoms with Gasteiger partial charge in [-0.2, -0.15) is 0 Å². The molecule has 0 fully saturated rings. The number of aryl methyl sites for hydroxylation is 1. The van der Waals surface area contributed by atoms with Crippen molar-refractivity contribution in [3.8, 4) is 0 Å². The molecule has 3 N–H and O–H groups in total. The van der Waals surface area contributed by atoms with Crippen LogP contribution in [-0.4, -0.2) is 21.3 Å². The van der Waals surface area contributed by atoms with Crippen molar-refractivity contribution in [2.45, 2.75) is 26.4 Å². The molecule has 90 valence electrons. The number of nitrogens with zero attached hydrogens (tertiary/aromatic N) is 2. The fraction of sp³-hybridized carbons (Fsp3) is 0.333. The zero-order chi connectivity index (χ0) is 12.4. The van der Waals surface area contributed by atoms with Crippen LogP contribution in [0.15, 0.2) is 24.4 Å². The molecule has 0 saturated carbocycles. The normalized spacial score (nSPS) is 12.6. The van der Waals surface area contributed by atoms with Crippen molar-refractivity contribution < 1.29 is 4.79 Å².